The third-order valence-electron chi connectivity index (χ3n) is 2.95. The highest BCUT2D eigenvalue weighted by Crippen LogP contribution is 2.35. The Balaban J connectivity index is 1.58. The zero-order valence-electron chi connectivity index (χ0n) is 9.80. The van der Waals surface area contributed by atoms with Crippen LogP contribution in [0.2, 0.25) is 0 Å². The van der Waals surface area contributed by atoms with E-state index in [4.69, 9.17) is 9.47 Å². The molecule has 0 aromatic heterocycles. The first kappa shape index (κ1) is 11.6. The fourth-order valence-corrected chi connectivity index (χ4v) is 2.27. The van der Waals surface area contributed by atoms with Crippen LogP contribution in [0.1, 0.15) is 12.0 Å². The van der Waals surface area contributed by atoms with Gasteiger partial charge in [0.25, 0.3) is 0 Å². The van der Waals surface area contributed by atoms with Crippen LogP contribution in [0, 0.1) is 0 Å². The van der Waals surface area contributed by atoms with E-state index >= 15 is 0 Å². The van der Waals surface area contributed by atoms with Crippen molar-refractivity contribution in [3.63, 3.8) is 0 Å². The average molecular weight is 305 g/mol. The van der Waals surface area contributed by atoms with Crippen molar-refractivity contribution in [2.75, 3.05) is 0 Å². The van der Waals surface area contributed by atoms with E-state index in [1.54, 1.807) is 0 Å². The molecular weight excluding hydrogens is 292 g/mol. The van der Waals surface area contributed by atoms with Gasteiger partial charge >= 0.3 is 0 Å². The van der Waals surface area contributed by atoms with E-state index in [0.717, 1.165) is 28.8 Å². The van der Waals surface area contributed by atoms with Crippen molar-refractivity contribution in [3.05, 3.63) is 58.6 Å². The molecule has 0 fully saturated rings. The van der Waals surface area contributed by atoms with E-state index in [2.05, 4.69) is 40.2 Å². The number of hydrogen-bond acceptors (Lipinski definition) is 2. The molecule has 0 atom stereocenters. The summed E-state index contributed by atoms with van der Waals surface area (Å²) in [5, 5.41) is 0. The Hall–Kier alpha value is -1.48. The van der Waals surface area contributed by atoms with Gasteiger partial charge in [-0.3, -0.25) is 0 Å². The number of aryl methyl sites for hydroxylation is 1. The van der Waals surface area contributed by atoms with E-state index < -0.39 is 0 Å². The minimum atomic E-state index is -0.161. The van der Waals surface area contributed by atoms with Gasteiger partial charge in [-0.05, 0) is 36.2 Å². The molecule has 0 spiro atoms. The van der Waals surface area contributed by atoms with Crippen molar-refractivity contribution in [2.45, 2.75) is 19.1 Å². The molecule has 0 unspecified atom stereocenters. The maximum Gasteiger partial charge on any atom is 0.241 e. The van der Waals surface area contributed by atoms with Gasteiger partial charge in [-0.15, -0.1) is 0 Å². The normalized spacial score (nSPS) is 13.8. The quantitative estimate of drug-likeness (QED) is 0.847. The fourth-order valence-electron chi connectivity index (χ4n) is 2.01. The molecule has 18 heavy (non-hydrogen) atoms. The van der Waals surface area contributed by atoms with Crippen LogP contribution >= 0.6 is 15.9 Å². The minimum absolute atomic E-state index is 0.161. The Morgan fingerprint density at radius 2 is 1.50 bits per heavy atom. The average Bonchev–Trinajstić information content (AvgIpc) is 2.81. The molecule has 1 aliphatic rings. The number of fused-ring (bicyclic) bond motifs is 1. The Kier molecular flexibility index (Phi) is 3.24. The molecule has 0 saturated carbocycles. The number of hydrogen-bond donors (Lipinski definition) is 0. The lowest BCUT2D eigenvalue weighted by atomic mass is 10.1. The van der Waals surface area contributed by atoms with Crippen LogP contribution < -0.4 is 9.47 Å². The van der Waals surface area contributed by atoms with Crippen LogP contribution in [0.3, 0.4) is 0 Å². The van der Waals surface area contributed by atoms with Gasteiger partial charge in [0.15, 0.2) is 11.5 Å². The molecule has 0 N–H and O–H groups in total. The number of ether oxygens (including phenoxy) is 2. The summed E-state index contributed by atoms with van der Waals surface area (Å²) >= 11 is 3.43. The lowest BCUT2D eigenvalue weighted by Crippen LogP contribution is -2.18. The zero-order valence-corrected chi connectivity index (χ0v) is 11.4. The third-order valence-corrected chi connectivity index (χ3v) is 3.48. The van der Waals surface area contributed by atoms with Crippen LogP contribution in [-0.4, -0.2) is 6.29 Å². The number of para-hydroxylation sites is 2. The molecule has 1 heterocycles. The van der Waals surface area contributed by atoms with Crippen molar-refractivity contribution >= 4 is 15.9 Å². The lowest BCUT2D eigenvalue weighted by Gasteiger charge is -2.10. The fraction of sp³-hybridized carbons (Fsp3) is 0.200. The highest BCUT2D eigenvalue weighted by Gasteiger charge is 2.22. The van der Waals surface area contributed by atoms with Gasteiger partial charge in [-0.2, -0.15) is 0 Å². The van der Waals surface area contributed by atoms with Crippen LogP contribution in [0.25, 0.3) is 0 Å². The maximum absolute atomic E-state index is 5.72. The summed E-state index contributed by atoms with van der Waals surface area (Å²) in [6, 6.07) is 16.1. The van der Waals surface area contributed by atoms with E-state index in [9.17, 15) is 0 Å². The summed E-state index contributed by atoms with van der Waals surface area (Å²) in [6.07, 6.45) is 1.65. The lowest BCUT2D eigenvalue weighted by molar-refractivity contribution is 0.0422. The van der Waals surface area contributed by atoms with Gasteiger partial charge in [-0.1, -0.05) is 40.2 Å². The number of halogens is 1. The van der Waals surface area contributed by atoms with Crippen LogP contribution in [0.15, 0.2) is 53.0 Å². The summed E-state index contributed by atoms with van der Waals surface area (Å²) in [6.45, 7) is 0. The Bertz CT molecular complexity index is 511. The van der Waals surface area contributed by atoms with E-state index in [1.807, 2.05) is 24.3 Å². The molecule has 2 nitrogen and oxygen atoms in total. The first-order valence-electron chi connectivity index (χ1n) is 5.98. The topological polar surface area (TPSA) is 18.5 Å². The Labute approximate surface area is 115 Å². The van der Waals surface area contributed by atoms with Crippen LogP contribution in [0.4, 0.5) is 0 Å². The van der Waals surface area contributed by atoms with Crippen LogP contribution in [-0.2, 0) is 6.42 Å². The highest BCUT2D eigenvalue weighted by molar-refractivity contribution is 9.10. The molecule has 1 aliphatic heterocycles. The van der Waals surface area contributed by atoms with Gasteiger partial charge in [0, 0.05) is 10.9 Å². The molecule has 92 valence electrons. The second-order valence-corrected chi connectivity index (χ2v) is 5.19. The summed E-state index contributed by atoms with van der Waals surface area (Å²) < 4.78 is 12.5. The molecule has 0 amide bonds. The van der Waals surface area contributed by atoms with Gasteiger partial charge < -0.3 is 9.47 Å². The second-order valence-electron chi connectivity index (χ2n) is 4.28. The summed E-state index contributed by atoms with van der Waals surface area (Å²) in [5.41, 5.74) is 1.29. The Morgan fingerprint density at radius 3 is 2.11 bits per heavy atom. The molecule has 2 aromatic rings. The predicted molar refractivity (Wildman–Crippen MR) is 73.9 cm³/mol. The van der Waals surface area contributed by atoms with Gasteiger partial charge in [-0.25, -0.2) is 0 Å². The highest BCUT2D eigenvalue weighted by atomic mass is 79.9. The SMILES string of the molecule is Brc1ccc(CCC2Oc3ccccc3O2)cc1. The number of benzene rings is 2. The monoisotopic (exact) mass is 304 g/mol. The van der Waals surface area contributed by atoms with Crippen molar-refractivity contribution in [3.8, 4) is 11.5 Å². The molecule has 3 heteroatoms. The van der Waals surface area contributed by atoms with Gasteiger partial charge in [0.05, 0.1) is 0 Å². The van der Waals surface area contributed by atoms with Gasteiger partial charge in [0.1, 0.15) is 0 Å². The zero-order chi connectivity index (χ0) is 12.4. The Morgan fingerprint density at radius 1 is 0.889 bits per heavy atom. The molecule has 2 aromatic carbocycles. The number of rotatable bonds is 3. The van der Waals surface area contributed by atoms with E-state index in [-0.39, 0.29) is 6.29 Å². The van der Waals surface area contributed by atoms with E-state index in [0.29, 0.717) is 0 Å². The van der Waals surface area contributed by atoms with Gasteiger partial charge in [0.2, 0.25) is 6.29 Å². The molecule has 0 saturated heterocycles. The van der Waals surface area contributed by atoms with Crippen LogP contribution in [0.5, 0.6) is 11.5 Å². The minimum Gasteiger partial charge on any atom is -0.451 e. The van der Waals surface area contributed by atoms with E-state index in [1.165, 1.54) is 5.56 Å². The summed E-state index contributed by atoms with van der Waals surface area (Å²) in [7, 11) is 0. The maximum atomic E-state index is 5.72. The first-order chi connectivity index (χ1) is 8.81. The van der Waals surface area contributed by atoms with Crippen molar-refractivity contribution in [1.29, 1.82) is 0 Å². The molecule has 0 bridgehead atoms. The molecule has 3 rings (SSSR count). The predicted octanol–water partition coefficient (Wildman–Crippen LogP) is 4.18. The first-order valence-corrected chi connectivity index (χ1v) is 6.77. The molecular formula is C15H13BrO2. The second kappa shape index (κ2) is 5.02. The molecule has 0 radical (unpaired) electrons. The summed E-state index contributed by atoms with van der Waals surface area (Å²) in [5.74, 6) is 1.69. The molecule has 0 aliphatic carbocycles. The smallest absolute Gasteiger partial charge is 0.241 e. The summed E-state index contributed by atoms with van der Waals surface area (Å²) in [4.78, 5) is 0. The van der Waals surface area contributed by atoms with Crippen molar-refractivity contribution in [2.24, 2.45) is 0 Å². The third kappa shape index (κ3) is 2.51. The standard InChI is InChI=1S/C15H13BrO2/c16-12-8-5-11(6-9-12)7-10-15-17-13-3-1-2-4-14(13)18-15/h1-6,8-9,15H,7,10H2. The van der Waals surface area contributed by atoms with Crippen molar-refractivity contribution in [1.82, 2.24) is 0 Å². The largest absolute Gasteiger partial charge is 0.451 e. The van der Waals surface area contributed by atoms with Crippen molar-refractivity contribution < 1.29 is 9.47 Å².